The summed E-state index contributed by atoms with van der Waals surface area (Å²) in [5, 5.41) is 14.0. The number of likely N-dealkylation sites (tertiary alicyclic amines) is 2. The third kappa shape index (κ3) is 3.91. The highest BCUT2D eigenvalue weighted by Crippen LogP contribution is 2.40. The average molecular weight is 348 g/mol. The molecule has 0 unspecified atom stereocenters. The summed E-state index contributed by atoms with van der Waals surface area (Å²) in [7, 11) is 0. The largest absolute Gasteiger partial charge is 0.396 e. The molecule has 0 amide bonds. The van der Waals surface area contributed by atoms with Crippen LogP contribution in [0.4, 0.5) is 0 Å². The van der Waals surface area contributed by atoms with Gasteiger partial charge in [-0.25, -0.2) is 0 Å². The maximum absolute atomic E-state index is 9.86. The van der Waals surface area contributed by atoms with E-state index in [1.807, 2.05) is 0 Å². The Balaban J connectivity index is 1.36. The molecule has 1 aliphatic carbocycles. The Morgan fingerprint density at radius 2 is 1.92 bits per heavy atom. The third-order valence-corrected chi connectivity index (χ3v) is 6.12. The summed E-state index contributed by atoms with van der Waals surface area (Å²) in [5.74, 6) is 3.31. The molecule has 1 aromatic rings. The Kier molecular flexibility index (Phi) is 5.11. The number of hydrogen-bond acceptors (Lipinski definition) is 6. The quantitative estimate of drug-likeness (QED) is 0.849. The molecular formula is C19H32N4O2. The van der Waals surface area contributed by atoms with Gasteiger partial charge in [-0.1, -0.05) is 19.0 Å². The molecular weight excluding hydrogens is 316 g/mol. The van der Waals surface area contributed by atoms with Gasteiger partial charge in [0.05, 0.1) is 5.92 Å². The molecule has 0 radical (unpaired) electrons. The lowest BCUT2D eigenvalue weighted by atomic mass is 9.97. The average Bonchev–Trinajstić information content (AvgIpc) is 3.18. The lowest BCUT2D eigenvalue weighted by Gasteiger charge is -2.37. The number of aromatic nitrogens is 2. The summed E-state index contributed by atoms with van der Waals surface area (Å²) < 4.78 is 5.57. The number of aliphatic hydroxyl groups excluding tert-OH is 1. The van der Waals surface area contributed by atoms with E-state index in [0.29, 0.717) is 12.0 Å². The zero-order chi connectivity index (χ0) is 17.4. The molecule has 1 saturated carbocycles. The van der Waals surface area contributed by atoms with E-state index >= 15 is 0 Å². The molecule has 3 fully saturated rings. The minimum Gasteiger partial charge on any atom is -0.396 e. The molecule has 2 saturated heterocycles. The Morgan fingerprint density at radius 1 is 1.16 bits per heavy atom. The van der Waals surface area contributed by atoms with E-state index in [4.69, 9.17) is 4.52 Å². The summed E-state index contributed by atoms with van der Waals surface area (Å²) in [6.07, 6.45) is 4.84. The van der Waals surface area contributed by atoms with Gasteiger partial charge in [0.25, 0.3) is 0 Å². The number of aliphatic hydroxyl groups is 1. The van der Waals surface area contributed by atoms with Crippen LogP contribution in [0.1, 0.15) is 63.1 Å². The van der Waals surface area contributed by atoms with Crippen LogP contribution in [-0.2, 0) is 0 Å². The lowest BCUT2D eigenvalue weighted by Crippen LogP contribution is -2.45. The highest BCUT2D eigenvalue weighted by Gasteiger charge is 2.41. The fraction of sp³-hybridized carbons (Fsp3) is 0.895. The zero-order valence-corrected chi connectivity index (χ0v) is 15.6. The Labute approximate surface area is 150 Å². The molecule has 3 aliphatic rings. The van der Waals surface area contributed by atoms with Crippen LogP contribution < -0.4 is 0 Å². The van der Waals surface area contributed by atoms with Crippen molar-refractivity contribution in [2.45, 2.75) is 57.4 Å². The van der Waals surface area contributed by atoms with Gasteiger partial charge in [0.1, 0.15) is 0 Å². The first kappa shape index (κ1) is 17.4. The molecule has 2 atom stereocenters. The second-order valence-corrected chi connectivity index (χ2v) is 8.69. The SMILES string of the molecule is CC(C)CN1CCC(N2C[C@@H](CO)[C@H](c3nc(C4CC4)no3)C2)CC1. The van der Waals surface area contributed by atoms with E-state index in [1.54, 1.807) is 0 Å². The maximum atomic E-state index is 9.86. The summed E-state index contributed by atoms with van der Waals surface area (Å²) in [5.41, 5.74) is 0. The lowest BCUT2D eigenvalue weighted by molar-refractivity contribution is 0.112. The number of hydrogen-bond donors (Lipinski definition) is 1. The zero-order valence-electron chi connectivity index (χ0n) is 15.6. The van der Waals surface area contributed by atoms with Crippen molar-refractivity contribution in [3.05, 3.63) is 11.7 Å². The smallest absolute Gasteiger partial charge is 0.231 e. The summed E-state index contributed by atoms with van der Waals surface area (Å²) >= 11 is 0. The van der Waals surface area contributed by atoms with Gasteiger partial charge in [-0.2, -0.15) is 4.98 Å². The van der Waals surface area contributed by atoms with Crippen LogP contribution in [0, 0.1) is 11.8 Å². The second kappa shape index (κ2) is 7.33. The second-order valence-electron chi connectivity index (χ2n) is 8.69. The normalized spacial score (nSPS) is 29.8. The van der Waals surface area contributed by atoms with Crippen molar-refractivity contribution < 1.29 is 9.63 Å². The highest BCUT2D eigenvalue weighted by molar-refractivity contribution is 5.08. The van der Waals surface area contributed by atoms with E-state index in [9.17, 15) is 5.11 Å². The minimum atomic E-state index is 0.193. The monoisotopic (exact) mass is 348 g/mol. The van der Waals surface area contributed by atoms with E-state index in [2.05, 4.69) is 33.8 Å². The van der Waals surface area contributed by atoms with Crippen LogP contribution in [0.25, 0.3) is 0 Å². The first-order valence-electron chi connectivity index (χ1n) is 10.0. The van der Waals surface area contributed by atoms with E-state index in [1.165, 1.54) is 45.3 Å². The molecule has 0 aromatic carbocycles. The number of nitrogens with zero attached hydrogens (tertiary/aromatic N) is 4. The molecule has 6 heteroatoms. The van der Waals surface area contributed by atoms with Crippen molar-refractivity contribution in [2.24, 2.45) is 11.8 Å². The van der Waals surface area contributed by atoms with Gasteiger partial charge in [0.2, 0.25) is 5.89 Å². The Bertz CT molecular complexity index is 564. The van der Waals surface area contributed by atoms with Crippen molar-refractivity contribution in [2.75, 3.05) is 39.3 Å². The van der Waals surface area contributed by atoms with Crippen molar-refractivity contribution in [3.63, 3.8) is 0 Å². The summed E-state index contributed by atoms with van der Waals surface area (Å²) in [6, 6.07) is 0.633. The first-order valence-corrected chi connectivity index (χ1v) is 10.0. The minimum absolute atomic E-state index is 0.193. The van der Waals surface area contributed by atoms with Crippen LogP contribution >= 0.6 is 0 Å². The van der Waals surface area contributed by atoms with Crippen LogP contribution in [0.2, 0.25) is 0 Å². The Hall–Kier alpha value is -0.980. The van der Waals surface area contributed by atoms with Crippen LogP contribution in [0.15, 0.2) is 4.52 Å². The fourth-order valence-electron chi connectivity index (χ4n) is 4.56. The molecule has 2 aliphatic heterocycles. The molecule has 4 rings (SSSR count). The van der Waals surface area contributed by atoms with Gasteiger partial charge < -0.3 is 14.5 Å². The third-order valence-electron chi connectivity index (χ3n) is 6.12. The molecule has 0 bridgehead atoms. The maximum Gasteiger partial charge on any atom is 0.231 e. The highest BCUT2D eigenvalue weighted by atomic mass is 16.5. The van der Waals surface area contributed by atoms with Crippen LogP contribution in [0.3, 0.4) is 0 Å². The predicted molar refractivity (Wildman–Crippen MR) is 95.5 cm³/mol. The van der Waals surface area contributed by atoms with Crippen molar-refractivity contribution in [1.82, 2.24) is 19.9 Å². The standard InChI is InChI=1S/C19H32N4O2/c1-13(2)9-22-7-5-16(6-8-22)23-10-15(12-24)17(11-23)19-20-18(21-25-19)14-3-4-14/h13-17,24H,3-12H2,1-2H3/t15-,17+/m0/s1. The first-order chi connectivity index (χ1) is 12.1. The van der Waals surface area contributed by atoms with Gasteiger partial charge in [0, 0.05) is 44.1 Å². The predicted octanol–water partition coefficient (Wildman–Crippen LogP) is 2.08. The molecule has 6 nitrogen and oxygen atoms in total. The van der Waals surface area contributed by atoms with Gasteiger partial charge >= 0.3 is 0 Å². The molecule has 0 spiro atoms. The van der Waals surface area contributed by atoms with Crippen molar-refractivity contribution in [1.29, 1.82) is 0 Å². The Morgan fingerprint density at radius 3 is 2.56 bits per heavy atom. The van der Waals surface area contributed by atoms with Crippen molar-refractivity contribution in [3.8, 4) is 0 Å². The summed E-state index contributed by atoms with van der Waals surface area (Å²) in [6.45, 7) is 10.3. The van der Waals surface area contributed by atoms with Crippen LogP contribution in [-0.4, -0.2) is 70.4 Å². The summed E-state index contributed by atoms with van der Waals surface area (Å²) in [4.78, 5) is 9.82. The molecule has 1 N–H and O–H groups in total. The molecule has 25 heavy (non-hydrogen) atoms. The van der Waals surface area contributed by atoms with Crippen molar-refractivity contribution >= 4 is 0 Å². The van der Waals surface area contributed by atoms with E-state index in [0.717, 1.165) is 30.7 Å². The fourth-order valence-corrected chi connectivity index (χ4v) is 4.56. The molecule has 1 aromatic heterocycles. The van der Waals surface area contributed by atoms with E-state index in [-0.39, 0.29) is 18.4 Å². The van der Waals surface area contributed by atoms with Gasteiger partial charge in [-0.15, -0.1) is 0 Å². The van der Waals surface area contributed by atoms with E-state index < -0.39 is 0 Å². The number of rotatable bonds is 6. The topological polar surface area (TPSA) is 65.6 Å². The van der Waals surface area contributed by atoms with Crippen LogP contribution in [0.5, 0.6) is 0 Å². The van der Waals surface area contributed by atoms with Gasteiger partial charge in [-0.3, -0.25) is 4.90 Å². The molecule has 140 valence electrons. The van der Waals surface area contributed by atoms with Gasteiger partial charge in [-0.05, 0) is 44.7 Å². The van der Waals surface area contributed by atoms with Gasteiger partial charge in [0.15, 0.2) is 5.82 Å². The number of piperidine rings is 1. The molecule has 3 heterocycles.